The van der Waals surface area contributed by atoms with Crippen LogP contribution in [-0.4, -0.2) is 21.6 Å². The van der Waals surface area contributed by atoms with Gasteiger partial charge in [0.15, 0.2) is 5.82 Å². The Labute approximate surface area is 127 Å². The molecule has 0 spiro atoms. The molecule has 0 fully saturated rings. The highest BCUT2D eigenvalue weighted by Gasteiger charge is 2.12. The number of aromatic nitrogens is 2. The van der Waals surface area contributed by atoms with Crippen LogP contribution in [0.1, 0.15) is 43.6 Å². The van der Waals surface area contributed by atoms with Gasteiger partial charge >= 0.3 is 0 Å². The molecular weight excluding hydrogens is 262 g/mol. The Morgan fingerprint density at radius 3 is 2.62 bits per heavy atom. The minimum absolute atomic E-state index is 0.535. The van der Waals surface area contributed by atoms with Crippen LogP contribution in [0, 0.1) is 12.8 Å². The first-order valence-electron chi connectivity index (χ1n) is 7.66. The lowest BCUT2D eigenvalue weighted by Crippen LogP contribution is -2.23. The molecule has 0 unspecified atom stereocenters. The molecule has 0 bridgehead atoms. The maximum Gasteiger partial charge on any atom is 0.226 e. The molecule has 0 saturated heterocycles. The third kappa shape index (κ3) is 4.67. The SMILES string of the molecule is CCN(Cc1noc(CC(C)C)n1)Cc1ccccc1C. The van der Waals surface area contributed by atoms with Crippen molar-refractivity contribution in [3.05, 3.63) is 47.1 Å². The van der Waals surface area contributed by atoms with Crippen molar-refractivity contribution in [3.8, 4) is 0 Å². The second-order valence-electron chi connectivity index (χ2n) is 5.93. The van der Waals surface area contributed by atoms with Crippen molar-refractivity contribution in [3.63, 3.8) is 0 Å². The monoisotopic (exact) mass is 287 g/mol. The molecule has 1 heterocycles. The van der Waals surface area contributed by atoms with Gasteiger partial charge in [0.2, 0.25) is 5.89 Å². The van der Waals surface area contributed by atoms with E-state index in [1.165, 1.54) is 11.1 Å². The van der Waals surface area contributed by atoms with E-state index in [1.807, 2.05) is 0 Å². The van der Waals surface area contributed by atoms with Gasteiger partial charge in [-0.1, -0.05) is 50.2 Å². The van der Waals surface area contributed by atoms with E-state index in [4.69, 9.17) is 4.52 Å². The topological polar surface area (TPSA) is 42.2 Å². The van der Waals surface area contributed by atoms with E-state index in [0.29, 0.717) is 5.92 Å². The minimum atomic E-state index is 0.535. The summed E-state index contributed by atoms with van der Waals surface area (Å²) >= 11 is 0. The lowest BCUT2D eigenvalue weighted by Gasteiger charge is -2.19. The van der Waals surface area contributed by atoms with Gasteiger partial charge in [0, 0.05) is 13.0 Å². The summed E-state index contributed by atoms with van der Waals surface area (Å²) in [6.45, 7) is 11.2. The van der Waals surface area contributed by atoms with E-state index in [2.05, 4.69) is 67.0 Å². The molecule has 0 aliphatic rings. The fourth-order valence-corrected chi connectivity index (χ4v) is 2.29. The van der Waals surface area contributed by atoms with Crippen LogP contribution >= 0.6 is 0 Å². The second kappa shape index (κ2) is 7.36. The molecular formula is C17H25N3O. The minimum Gasteiger partial charge on any atom is -0.339 e. The van der Waals surface area contributed by atoms with Gasteiger partial charge in [-0.2, -0.15) is 4.98 Å². The van der Waals surface area contributed by atoms with Gasteiger partial charge in [-0.25, -0.2) is 0 Å². The average Bonchev–Trinajstić information content (AvgIpc) is 2.86. The first-order valence-corrected chi connectivity index (χ1v) is 7.66. The molecule has 0 atom stereocenters. The number of hydrogen-bond acceptors (Lipinski definition) is 4. The van der Waals surface area contributed by atoms with Crippen LogP contribution in [0.5, 0.6) is 0 Å². The van der Waals surface area contributed by atoms with Gasteiger partial charge in [-0.3, -0.25) is 4.90 Å². The van der Waals surface area contributed by atoms with E-state index < -0.39 is 0 Å². The molecule has 2 rings (SSSR count). The molecule has 1 aromatic carbocycles. The second-order valence-corrected chi connectivity index (χ2v) is 5.93. The zero-order valence-corrected chi connectivity index (χ0v) is 13.5. The highest BCUT2D eigenvalue weighted by Crippen LogP contribution is 2.13. The van der Waals surface area contributed by atoms with Crippen molar-refractivity contribution in [1.29, 1.82) is 0 Å². The molecule has 0 saturated carbocycles. The summed E-state index contributed by atoms with van der Waals surface area (Å²) in [6.07, 6.45) is 0.844. The van der Waals surface area contributed by atoms with Crippen LogP contribution < -0.4 is 0 Å². The standard InChI is InChI=1S/C17H25N3O/c1-5-20(11-15-9-7-6-8-14(15)4)12-16-18-17(21-19-16)10-13(2)3/h6-9,13H,5,10-12H2,1-4H3. The lowest BCUT2D eigenvalue weighted by molar-refractivity contribution is 0.258. The van der Waals surface area contributed by atoms with E-state index in [0.717, 1.165) is 37.8 Å². The summed E-state index contributed by atoms with van der Waals surface area (Å²) < 4.78 is 5.31. The Balaban J connectivity index is 1.99. The average molecular weight is 287 g/mol. The number of benzene rings is 1. The summed E-state index contributed by atoms with van der Waals surface area (Å²) in [7, 11) is 0. The molecule has 0 aliphatic heterocycles. The molecule has 0 aliphatic carbocycles. The Morgan fingerprint density at radius 1 is 1.19 bits per heavy atom. The number of rotatable bonds is 7. The van der Waals surface area contributed by atoms with Crippen molar-refractivity contribution in [2.75, 3.05) is 6.54 Å². The van der Waals surface area contributed by atoms with E-state index in [9.17, 15) is 0 Å². The van der Waals surface area contributed by atoms with Gasteiger partial charge in [-0.05, 0) is 30.5 Å². The number of hydrogen-bond donors (Lipinski definition) is 0. The Bertz CT molecular complexity index is 563. The molecule has 21 heavy (non-hydrogen) atoms. The highest BCUT2D eigenvalue weighted by atomic mass is 16.5. The first-order chi connectivity index (χ1) is 10.1. The molecule has 0 N–H and O–H groups in total. The van der Waals surface area contributed by atoms with Crippen LogP contribution in [0.4, 0.5) is 0 Å². The predicted octanol–water partition coefficient (Wildman–Crippen LogP) is 3.60. The van der Waals surface area contributed by atoms with Crippen molar-refractivity contribution in [2.24, 2.45) is 5.92 Å². The lowest BCUT2D eigenvalue weighted by atomic mass is 10.1. The number of aryl methyl sites for hydroxylation is 1. The molecule has 4 heteroatoms. The molecule has 1 aromatic heterocycles. The van der Waals surface area contributed by atoms with Gasteiger partial charge in [-0.15, -0.1) is 0 Å². The summed E-state index contributed by atoms with van der Waals surface area (Å²) in [5.74, 6) is 2.06. The van der Waals surface area contributed by atoms with Gasteiger partial charge in [0.1, 0.15) is 0 Å². The molecule has 0 radical (unpaired) electrons. The van der Waals surface area contributed by atoms with Gasteiger partial charge in [0.25, 0.3) is 0 Å². The third-order valence-corrected chi connectivity index (χ3v) is 3.56. The molecule has 0 amide bonds. The van der Waals surface area contributed by atoms with Crippen LogP contribution in [0.25, 0.3) is 0 Å². The smallest absolute Gasteiger partial charge is 0.226 e. The van der Waals surface area contributed by atoms with Crippen molar-refractivity contribution < 1.29 is 4.52 Å². The van der Waals surface area contributed by atoms with E-state index >= 15 is 0 Å². The highest BCUT2D eigenvalue weighted by molar-refractivity contribution is 5.25. The zero-order valence-electron chi connectivity index (χ0n) is 13.5. The molecule has 4 nitrogen and oxygen atoms in total. The zero-order chi connectivity index (χ0) is 15.2. The summed E-state index contributed by atoms with van der Waals surface area (Å²) in [6, 6.07) is 8.49. The Kier molecular flexibility index (Phi) is 5.51. The van der Waals surface area contributed by atoms with Crippen molar-refractivity contribution in [2.45, 2.75) is 47.2 Å². The molecule has 114 valence electrons. The third-order valence-electron chi connectivity index (χ3n) is 3.56. The molecule has 2 aromatic rings. The van der Waals surface area contributed by atoms with E-state index in [-0.39, 0.29) is 0 Å². The fraction of sp³-hybridized carbons (Fsp3) is 0.529. The summed E-state index contributed by atoms with van der Waals surface area (Å²) in [5.41, 5.74) is 2.68. The largest absolute Gasteiger partial charge is 0.339 e. The maximum absolute atomic E-state index is 5.31. The van der Waals surface area contributed by atoms with E-state index in [1.54, 1.807) is 0 Å². The first kappa shape index (κ1) is 15.7. The number of nitrogens with zero attached hydrogens (tertiary/aromatic N) is 3. The Morgan fingerprint density at radius 2 is 1.95 bits per heavy atom. The van der Waals surface area contributed by atoms with Crippen molar-refractivity contribution in [1.82, 2.24) is 15.0 Å². The quantitative estimate of drug-likeness (QED) is 0.780. The van der Waals surface area contributed by atoms with Gasteiger partial charge in [0.05, 0.1) is 6.54 Å². The predicted molar refractivity (Wildman–Crippen MR) is 83.8 cm³/mol. The normalized spacial score (nSPS) is 11.5. The van der Waals surface area contributed by atoms with Crippen LogP contribution in [0.2, 0.25) is 0 Å². The van der Waals surface area contributed by atoms with Crippen molar-refractivity contribution >= 4 is 0 Å². The van der Waals surface area contributed by atoms with Gasteiger partial charge < -0.3 is 4.52 Å². The maximum atomic E-state index is 5.31. The fourth-order valence-electron chi connectivity index (χ4n) is 2.29. The Hall–Kier alpha value is -1.68. The van der Waals surface area contributed by atoms with Crippen LogP contribution in [0.15, 0.2) is 28.8 Å². The summed E-state index contributed by atoms with van der Waals surface area (Å²) in [5, 5.41) is 4.09. The van der Waals surface area contributed by atoms with Crippen LogP contribution in [-0.2, 0) is 19.5 Å². The van der Waals surface area contributed by atoms with Crippen LogP contribution in [0.3, 0.4) is 0 Å². The summed E-state index contributed by atoms with van der Waals surface area (Å²) in [4.78, 5) is 6.81.